The van der Waals surface area contributed by atoms with Crippen LogP contribution in [0.3, 0.4) is 0 Å². The number of hydrogen-bond donors (Lipinski definition) is 0. The molecule has 164 valence electrons. The number of carbonyl (C=O) groups excluding carboxylic acids is 2. The number of hydrogen-bond acceptors (Lipinski definition) is 5. The Morgan fingerprint density at radius 3 is 2.37 bits per heavy atom. The van der Waals surface area contributed by atoms with Crippen molar-refractivity contribution in [1.82, 2.24) is 14.7 Å². The lowest BCUT2D eigenvalue weighted by Gasteiger charge is -2.33. The molecule has 0 spiro atoms. The molecule has 0 saturated carbocycles. The van der Waals surface area contributed by atoms with Crippen LogP contribution in [0.1, 0.15) is 53.3 Å². The topological polar surface area (TPSA) is 57.0 Å². The van der Waals surface area contributed by atoms with Gasteiger partial charge >= 0.3 is 0 Å². The summed E-state index contributed by atoms with van der Waals surface area (Å²) in [5, 5.41) is 0. The summed E-state index contributed by atoms with van der Waals surface area (Å²) in [5.41, 5.74) is 0. The molecule has 0 aromatic carbocycles. The molecule has 2 aromatic heterocycles. The lowest BCUT2D eigenvalue weighted by molar-refractivity contribution is -0.130. The second kappa shape index (κ2) is 10.3. The average Bonchev–Trinajstić information content (AvgIpc) is 3.34. The minimum absolute atomic E-state index is 0.0600. The first-order valence-corrected chi connectivity index (χ1v) is 11.5. The van der Waals surface area contributed by atoms with E-state index in [0.717, 1.165) is 25.3 Å². The van der Waals surface area contributed by atoms with Gasteiger partial charge in [0.25, 0.3) is 5.91 Å². The summed E-state index contributed by atoms with van der Waals surface area (Å²) in [7, 11) is 0. The summed E-state index contributed by atoms with van der Waals surface area (Å²) in [6.07, 6.45) is 1.12. The van der Waals surface area contributed by atoms with Crippen LogP contribution in [0.25, 0.3) is 0 Å². The van der Waals surface area contributed by atoms with Gasteiger partial charge in [-0.1, -0.05) is 13.8 Å². The average molecular weight is 432 g/mol. The molecule has 2 aromatic rings. The SMILES string of the molecule is CC(=O)N1CCN(C(=O)c2ccc(CN(CCC(C)C)Cc3ccc(C)s3)o2)CC1. The molecule has 6 nitrogen and oxygen atoms in total. The van der Waals surface area contributed by atoms with E-state index in [2.05, 4.69) is 37.8 Å². The van der Waals surface area contributed by atoms with Crippen molar-refractivity contribution in [3.8, 4) is 0 Å². The van der Waals surface area contributed by atoms with Crippen LogP contribution in [0, 0.1) is 12.8 Å². The molecule has 0 bridgehead atoms. The van der Waals surface area contributed by atoms with E-state index in [1.54, 1.807) is 22.8 Å². The molecule has 0 atom stereocenters. The zero-order valence-electron chi connectivity index (χ0n) is 18.5. The summed E-state index contributed by atoms with van der Waals surface area (Å²) in [6, 6.07) is 8.06. The highest BCUT2D eigenvalue weighted by atomic mass is 32.1. The van der Waals surface area contributed by atoms with Gasteiger partial charge in [-0.25, -0.2) is 0 Å². The lowest BCUT2D eigenvalue weighted by atomic mass is 10.1. The smallest absolute Gasteiger partial charge is 0.289 e. The minimum Gasteiger partial charge on any atom is -0.455 e. The van der Waals surface area contributed by atoms with Crippen LogP contribution in [0.5, 0.6) is 0 Å². The van der Waals surface area contributed by atoms with Gasteiger partial charge in [0.1, 0.15) is 5.76 Å². The number of carbonyl (C=O) groups is 2. The van der Waals surface area contributed by atoms with Gasteiger partial charge in [-0.15, -0.1) is 11.3 Å². The van der Waals surface area contributed by atoms with Crippen molar-refractivity contribution >= 4 is 23.2 Å². The lowest BCUT2D eigenvalue weighted by Crippen LogP contribution is -2.50. The molecule has 2 amide bonds. The second-order valence-electron chi connectivity index (χ2n) is 8.47. The van der Waals surface area contributed by atoms with Gasteiger partial charge < -0.3 is 14.2 Å². The Hall–Kier alpha value is -2.12. The maximum Gasteiger partial charge on any atom is 0.289 e. The molecule has 3 heterocycles. The van der Waals surface area contributed by atoms with E-state index in [0.29, 0.717) is 44.4 Å². The molecular formula is C23H33N3O3S. The van der Waals surface area contributed by atoms with Crippen molar-refractivity contribution in [3.63, 3.8) is 0 Å². The largest absolute Gasteiger partial charge is 0.455 e. The highest BCUT2D eigenvalue weighted by Gasteiger charge is 2.25. The van der Waals surface area contributed by atoms with Crippen LogP contribution in [0.4, 0.5) is 0 Å². The third-order valence-corrected chi connectivity index (χ3v) is 6.45. The summed E-state index contributed by atoms with van der Waals surface area (Å²) >= 11 is 1.83. The number of thiophene rings is 1. The van der Waals surface area contributed by atoms with Crippen LogP contribution in [-0.2, 0) is 17.9 Å². The van der Waals surface area contributed by atoms with Crippen molar-refractivity contribution in [2.24, 2.45) is 5.92 Å². The fourth-order valence-electron chi connectivity index (χ4n) is 3.62. The van der Waals surface area contributed by atoms with E-state index in [4.69, 9.17) is 4.42 Å². The van der Waals surface area contributed by atoms with Crippen LogP contribution >= 0.6 is 11.3 Å². The fourth-order valence-corrected chi connectivity index (χ4v) is 4.56. The van der Waals surface area contributed by atoms with E-state index in [1.807, 2.05) is 17.4 Å². The number of furan rings is 1. The maximum atomic E-state index is 12.8. The summed E-state index contributed by atoms with van der Waals surface area (Å²) in [5.74, 6) is 1.81. The molecule has 3 rings (SSSR count). The maximum absolute atomic E-state index is 12.8. The predicted molar refractivity (Wildman–Crippen MR) is 119 cm³/mol. The first-order chi connectivity index (χ1) is 14.3. The molecule has 0 unspecified atom stereocenters. The van der Waals surface area contributed by atoms with Crippen LogP contribution in [0.2, 0.25) is 0 Å². The van der Waals surface area contributed by atoms with Crippen LogP contribution < -0.4 is 0 Å². The van der Waals surface area contributed by atoms with Gasteiger partial charge in [0, 0.05) is 49.4 Å². The molecule has 0 aliphatic carbocycles. The summed E-state index contributed by atoms with van der Waals surface area (Å²) < 4.78 is 5.94. The van der Waals surface area contributed by atoms with Crippen molar-refractivity contribution in [1.29, 1.82) is 0 Å². The first kappa shape index (κ1) is 22.6. The Morgan fingerprint density at radius 1 is 1.07 bits per heavy atom. The number of piperazine rings is 1. The molecule has 1 saturated heterocycles. The molecule has 0 radical (unpaired) electrons. The predicted octanol–water partition coefficient (Wildman–Crippen LogP) is 4.00. The number of rotatable bonds is 8. The van der Waals surface area contributed by atoms with Crippen molar-refractivity contribution in [2.75, 3.05) is 32.7 Å². The monoisotopic (exact) mass is 431 g/mol. The van der Waals surface area contributed by atoms with Gasteiger partial charge in [-0.3, -0.25) is 14.5 Å². The number of amides is 2. The van der Waals surface area contributed by atoms with Gasteiger partial charge in [0.05, 0.1) is 6.54 Å². The third-order valence-electron chi connectivity index (χ3n) is 5.46. The van der Waals surface area contributed by atoms with Gasteiger partial charge in [-0.2, -0.15) is 0 Å². The molecule has 1 fully saturated rings. The highest BCUT2D eigenvalue weighted by Crippen LogP contribution is 2.21. The van der Waals surface area contributed by atoms with Crippen molar-refractivity contribution in [3.05, 3.63) is 45.5 Å². The zero-order chi connectivity index (χ0) is 21.7. The Morgan fingerprint density at radius 2 is 1.77 bits per heavy atom. The molecule has 30 heavy (non-hydrogen) atoms. The van der Waals surface area contributed by atoms with Gasteiger partial charge in [0.2, 0.25) is 5.91 Å². The quantitative estimate of drug-likeness (QED) is 0.634. The minimum atomic E-state index is -0.0907. The van der Waals surface area contributed by atoms with Crippen molar-refractivity contribution < 1.29 is 14.0 Å². The molecule has 1 aliphatic heterocycles. The van der Waals surface area contributed by atoms with Crippen LogP contribution in [0.15, 0.2) is 28.7 Å². The second-order valence-corrected chi connectivity index (χ2v) is 9.84. The van der Waals surface area contributed by atoms with E-state index >= 15 is 0 Å². The number of aryl methyl sites for hydroxylation is 1. The Balaban J connectivity index is 1.61. The fraction of sp³-hybridized carbons (Fsp3) is 0.565. The van der Waals surface area contributed by atoms with E-state index in [-0.39, 0.29) is 11.8 Å². The number of nitrogens with zero attached hydrogens (tertiary/aromatic N) is 3. The van der Waals surface area contributed by atoms with E-state index in [9.17, 15) is 9.59 Å². The Bertz CT molecular complexity index is 850. The van der Waals surface area contributed by atoms with Crippen LogP contribution in [-0.4, -0.2) is 59.2 Å². The first-order valence-electron chi connectivity index (χ1n) is 10.7. The molecule has 7 heteroatoms. The summed E-state index contributed by atoms with van der Waals surface area (Å²) in [4.78, 5) is 32.9. The molecular weight excluding hydrogens is 398 g/mol. The van der Waals surface area contributed by atoms with E-state index in [1.165, 1.54) is 9.75 Å². The van der Waals surface area contributed by atoms with E-state index < -0.39 is 0 Å². The Labute approximate surface area is 183 Å². The molecule has 0 N–H and O–H groups in total. The highest BCUT2D eigenvalue weighted by molar-refractivity contribution is 7.11. The zero-order valence-corrected chi connectivity index (χ0v) is 19.3. The molecule has 1 aliphatic rings. The Kier molecular flexibility index (Phi) is 7.72. The van der Waals surface area contributed by atoms with Crippen molar-refractivity contribution in [2.45, 2.75) is 47.2 Å². The summed E-state index contributed by atoms with van der Waals surface area (Å²) in [6.45, 7) is 13.0. The van der Waals surface area contributed by atoms with Gasteiger partial charge in [-0.05, 0) is 50.1 Å². The standard InChI is InChI=1S/C23H33N3O3S/c1-17(2)9-10-24(16-21-7-5-18(3)30-21)15-20-6-8-22(29-20)23(28)26-13-11-25(12-14-26)19(4)27/h5-8,17H,9-16H2,1-4H3. The van der Waals surface area contributed by atoms with Gasteiger partial charge in [0.15, 0.2) is 5.76 Å². The third kappa shape index (κ3) is 6.19. The normalized spacial score (nSPS) is 14.7.